The van der Waals surface area contributed by atoms with Gasteiger partial charge in [0.05, 0.1) is 35.0 Å². The standard InChI is InChI=1S/C26H33N3O5S/c1-18(2)16-29(24-7-5-21(13-19(24)3)26(30)33-4)35(31,32)23-6-8-25-22(14-23)15-27-28(25)17-20-9-11-34-12-10-20/h5-8,13-15,18,20H,9-12,16-17H2,1-4H3. The number of carbonyl (C=O) groups excluding carboxylic acids is 1. The average molecular weight is 500 g/mol. The molecule has 0 amide bonds. The number of hydrogen-bond acceptors (Lipinski definition) is 6. The minimum atomic E-state index is -3.86. The van der Waals surface area contributed by atoms with E-state index in [0.29, 0.717) is 29.3 Å². The summed E-state index contributed by atoms with van der Waals surface area (Å²) in [5, 5.41) is 5.33. The van der Waals surface area contributed by atoms with Crippen molar-refractivity contribution in [2.75, 3.05) is 31.2 Å². The van der Waals surface area contributed by atoms with Crippen molar-refractivity contribution in [3.05, 3.63) is 53.7 Å². The number of nitrogens with zero attached hydrogens (tertiary/aromatic N) is 3. The fourth-order valence-corrected chi connectivity index (χ4v) is 6.24. The van der Waals surface area contributed by atoms with E-state index in [0.717, 1.165) is 43.5 Å². The van der Waals surface area contributed by atoms with Gasteiger partial charge in [-0.1, -0.05) is 13.8 Å². The molecule has 3 aromatic rings. The molecule has 8 nitrogen and oxygen atoms in total. The van der Waals surface area contributed by atoms with E-state index in [1.807, 2.05) is 24.6 Å². The smallest absolute Gasteiger partial charge is 0.337 e. The minimum Gasteiger partial charge on any atom is -0.465 e. The summed E-state index contributed by atoms with van der Waals surface area (Å²) in [6.45, 7) is 8.41. The lowest BCUT2D eigenvalue weighted by Crippen LogP contribution is -2.35. The highest BCUT2D eigenvalue weighted by atomic mass is 32.2. The second kappa shape index (κ2) is 10.4. The van der Waals surface area contributed by atoms with Gasteiger partial charge in [0.2, 0.25) is 0 Å². The number of esters is 1. The molecule has 0 radical (unpaired) electrons. The number of carbonyl (C=O) groups is 1. The fraction of sp³-hybridized carbons (Fsp3) is 0.462. The number of hydrogen-bond donors (Lipinski definition) is 0. The van der Waals surface area contributed by atoms with Crippen molar-refractivity contribution in [3.8, 4) is 0 Å². The number of aromatic nitrogens is 2. The summed E-state index contributed by atoms with van der Waals surface area (Å²) >= 11 is 0. The molecule has 1 aliphatic heterocycles. The molecule has 4 rings (SSSR count). The van der Waals surface area contributed by atoms with E-state index >= 15 is 0 Å². The lowest BCUT2D eigenvalue weighted by Gasteiger charge is -2.28. The molecule has 1 fully saturated rings. The van der Waals surface area contributed by atoms with Crippen LogP contribution in [-0.4, -0.2) is 51.0 Å². The predicted molar refractivity (Wildman–Crippen MR) is 135 cm³/mol. The summed E-state index contributed by atoms with van der Waals surface area (Å²) < 4.78 is 41.4. The lowest BCUT2D eigenvalue weighted by molar-refractivity contribution is 0.0599. The van der Waals surface area contributed by atoms with Gasteiger partial charge in [0.25, 0.3) is 10.0 Å². The van der Waals surface area contributed by atoms with E-state index in [2.05, 4.69) is 5.10 Å². The number of benzene rings is 2. The number of fused-ring (bicyclic) bond motifs is 1. The number of aryl methyl sites for hydroxylation is 1. The van der Waals surface area contributed by atoms with Crippen LogP contribution >= 0.6 is 0 Å². The highest BCUT2D eigenvalue weighted by Crippen LogP contribution is 2.30. The van der Waals surface area contributed by atoms with Gasteiger partial charge in [0, 0.05) is 31.7 Å². The summed E-state index contributed by atoms with van der Waals surface area (Å²) in [5.74, 6) is 0.143. The van der Waals surface area contributed by atoms with Crippen LogP contribution in [0.2, 0.25) is 0 Å². The summed E-state index contributed by atoms with van der Waals surface area (Å²) in [6, 6.07) is 10.1. The summed E-state index contributed by atoms with van der Waals surface area (Å²) in [4.78, 5) is 12.1. The van der Waals surface area contributed by atoms with Crippen LogP contribution in [0.15, 0.2) is 47.5 Å². The van der Waals surface area contributed by atoms with Crippen molar-refractivity contribution in [2.45, 2.75) is 45.1 Å². The number of methoxy groups -OCH3 is 1. The second-order valence-corrected chi connectivity index (χ2v) is 11.4. The van der Waals surface area contributed by atoms with Crippen LogP contribution in [0, 0.1) is 18.8 Å². The molecule has 0 spiro atoms. The van der Waals surface area contributed by atoms with E-state index in [4.69, 9.17) is 9.47 Å². The van der Waals surface area contributed by atoms with Crippen LogP contribution in [0.5, 0.6) is 0 Å². The lowest BCUT2D eigenvalue weighted by atomic mass is 10.0. The Labute approximate surface area is 206 Å². The van der Waals surface area contributed by atoms with Gasteiger partial charge in [-0.2, -0.15) is 5.10 Å². The maximum atomic E-state index is 13.9. The van der Waals surface area contributed by atoms with E-state index < -0.39 is 16.0 Å². The van der Waals surface area contributed by atoms with Crippen LogP contribution in [0.3, 0.4) is 0 Å². The van der Waals surface area contributed by atoms with Crippen molar-refractivity contribution in [3.63, 3.8) is 0 Å². The summed E-state index contributed by atoms with van der Waals surface area (Å²) in [5.41, 5.74) is 2.53. The van der Waals surface area contributed by atoms with Gasteiger partial charge in [-0.3, -0.25) is 8.99 Å². The zero-order chi connectivity index (χ0) is 25.2. The minimum absolute atomic E-state index is 0.0930. The number of sulfonamides is 1. The highest BCUT2D eigenvalue weighted by molar-refractivity contribution is 7.92. The molecule has 0 bridgehead atoms. The molecular formula is C26H33N3O5S. The average Bonchev–Trinajstić information content (AvgIpc) is 3.24. The zero-order valence-electron chi connectivity index (χ0n) is 20.7. The van der Waals surface area contributed by atoms with Gasteiger partial charge in [0.1, 0.15) is 0 Å². The van der Waals surface area contributed by atoms with E-state index in [-0.39, 0.29) is 10.8 Å². The van der Waals surface area contributed by atoms with Gasteiger partial charge >= 0.3 is 5.97 Å². The Kier molecular flexibility index (Phi) is 7.47. The monoisotopic (exact) mass is 499 g/mol. The predicted octanol–water partition coefficient (Wildman–Crippen LogP) is 4.41. The van der Waals surface area contributed by atoms with E-state index in [9.17, 15) is 13.2 Å². The van der Waals surface area contributed by atoms with Crippen molar-refractivity contribution in [1.29, 1.82) is 0 Å². The second-order valence-electron chi connectivity index (χ2n) is 9.53. The Bertz CT molecular complexity index is 1310. The molecule has 1 aliphatic rings. The van der Waals surface area contributed by atoms with Gasteiger partial charge in [-0.25, -0.2) is 13.2 Å². The largest absolute Gasteiger partial charge is 0.465 e. The molecular weight excluding hydrogens is 466 g/mol. The highest BCUT2D eigenvalue weighted by Gasteiger charge is 2.28. The molecule has 0 unspecified atom stereocenters. The van der Waals surface area contributed by atoms with Crippen molar-refractivity contribution < 1.29 is 22.7 Å². The van der Waals surface area contributed by atoms with Crippen LogP contribution in [0.25, 0.3) is 10.9 Å². The van der Waals surface area contributed by atoms with Crippen LogP contribution in [0.4, 0.5) is 5.69 Å². The first-order chi connectivity index (χ1) is 16.7. The molecule has 188 valence electrons. The van der Waals surface area contributed by atoms with E-state index in [1.54, 1.807) is 43.5 Å². The maximum absolute atomic E-state index is 13.9. The molecule has 2 aromatic carbocycles. The van der Waals surface area contributed by atoms with Gasteiger partial charge in [-0.05, 0) is 73.6 Å². The zero-order valence-corrected chi connectivity index (χ0v) is 21.5. The molecule has 35 heavy (non-hydrogen) atoms. The van der Waals surface area contributed by atoms with Crippen LogP contribution in [-0.2, 0) is 26.0 Å². The quantitative estimate of drug-likeness (QED) is 0.427. The fourth-order valence-electron chi connectivity index (χ4n) is 4.51. The van der Waals surface area contributed by atoms with Crippen molar-refractivity contribution in [1.82, 2.24) is 9.78 Å². The Morgan fingerprint density at radius 3 is 2.60 bits per heavy atom. The summed E-state index contributed by atoms with van der Waals surface area (Å²) in [7, 11) is -2.53. The van der Waals surface area contributed by atoms with E-state index in [1.165, 1.54) is 11.4 Å². The Morgan fingerprint density at radius 1 is 1.20 bits per heavy atom. The third kappa shape index (κ3) is 5.36. The molecule has 0 saturated carbocycles. The van der Waals surface area contributed by atoms with Gasteiger partial charge < -0.3 is 9.47 Å². The Hall–Kier alpha value is -2.91. The van der Waals surface area contributed by atoms with Gasteiger partial charge in [-0.15, -0.1) is 0 Å². The Morgan fingerprint density at radius 2 is 1.94 bits per heavy atom. The molecule has 9 heteroatoms. The number of ether oxygens (including phenoxy) is 2. The van der Waals surface area contributed by atoms with Crippen LogP contribution in [0.1, 0.15) is 42.6 Å². The molecule has 2 heterocycles. The van der Waals surface area contributed by atoms with Gasteiger partial charge in [0.15, 0.2) is 0 Å². The molecule has 0 N–H and O–H groups in total. The van der Waals surface area contributed by atoms with Crippen LogP contribution < -0.4 is 4.31 Å². The molecule has 0 atom stereocenters. The first-order valence-corrected chi connectivity index (χ1v) is 13.4. The Balaban J connectivity index is 1.68. The maximum Gasteiger partial charge on any atom is 0.337 e. The molecule has 0 aliphatic carbocycles. The molecule has 1 saturated heterocycles. The number of anilines is 1. The third-order valence-corrected chi connectivity index (χ3v) is 8.17. The third-order valence-electron chi connectivity index (χ3n) is 6.39. The first kappa shape index (κ1) is 25.2. The SMILES string of the molecule is COC(=O)c1ccc(N(CC(C)C)S(=O)(=O)c2ccc3c(cnn3CC3CCOCC3)c2)c(C)c1. The summed E-state index contributed by atoms with van der Waals surface area (Å²) in [6.07, 6.45) is 3.75. The topological polar surface area (TPSA) is 90.7 Å². The normalized spacial score (nSPS) is 15.0. The molecule has 1 aromatic heterocycles. The first-order valence-electron chi connectivity index (χ1n) is 12.0. The van der Waals surface area contributed by atoms with Crippen molar-refractivity contribution >= 4 is 32.6 Å². The number of rotatable bonds is 8. The van der Waals surface area contributed by atoms with Crippen molar-refractivity contribution in [2.24, 2.45) is 11.8 Å².